The van der Waals surface area contributed by atoms with Crippen molar-refractivity contribution in [2.24, 2.45) is 16.9 Å². The van der Waals surface area contributed by atoms with Gasteiger partial charge < -0.3 is 20.9 Å². The van der Waals surface area contributed by atoms with Crippen LogP contribution in [-0.2, 0) is 9.47 Å². The fourth-order valence-corrected chi connectivity index (χ4v) is 2.67. The fourth-order valence-electron chi connectivity index (χ4n) is 2.67. The molecule has 0 spiro atoms. The van der Waals surface area contributed by atoms with Gasteiger partial charge in [-0.25, -0.2) is 0 Å². The molecule has 1 aliphatic carbocycles. The molecule has 5 atom stereocenters. The summed E-state index contributed by atoms with van der Waals surface area (Å²) in [7, 11) is 3.39. The van der Waals surface area contributed by atoms with Gasteiger partial charge in [-0.15, -0.1) is 0 Å². The quantitative estimate of drug-likeness (QED) is 0.720. The number of rotatable bonds is 3. The van der Waals surface area contributed by atoms with Crippen molar-refractivity contribution in [3.8, 4) is 0 Å². The lowest BCUT2D eigenvalue weighted by Gasteiger charge is -2.50. The van der Waals surface area contributed by atoms with Gasteiger partial charge in [0.05, 0.1) is 12.2 Å². The van der Waals surface area contributed by atoms with Crippen molar-refractivity contribution in [2.45, 2.75) is 51.0 Å². The summed E-state index contributed by atoms with van der Waals surface area (Å²) in [5, 5.41) is 0. The van der Waals surface area contributed by atoms with Crippen LogP contribution in [0.2, 0.25) is 0 Å². The van der Waals surface area contributed by atoms with Crippen molar-refractivity contribution in [3.05, 3.63) is 0 Å². The van der Waals surface area contributed by atoms with Gasteiger partial charge in [-0.3, -0.25) is 0 Å². The van der Waals surface area contributed by atoms with E-state index in [2.05, 4.69) is 13.8 Å². The molecule has 0 aromatic rings. The predicted molar refractivity (Wildman–Crippen MR) is 60.6 cm³/mol. The van der Waals surface area contributed by atoms with Crippen LogP contribution in [0, 0.1) is 5.41 Å². The zero-order chi connectivity index (χ0) is 11.6. The molecule has 0 heterocycles. The molecule has 15 heavy (non-hydrogen) atoms. The zero-order valence-corrected chi connectivity index (χ0v) is 10.2. The molecule has 0 aromatic heterocycles. The SMILES string of the molecule is CCC1(C)[C@H](OC)C(OC)[C@H](N)C[C@@H]1N. The summed E-state index contributed by atoms with van der Waals surface area (Å²) < 4.78 is 11.0. The molecule has 0 aliphatic heterocycles. The van der Waals surface area contributed by atoms with Gasteiger partial charge in [0, 0.05) is 31.7 Å². The van der Waals surface area contributed by atoms with Gasteiger partial charge in [0.1, 0.15) is 0 Å². The first-order valence-corrected chi connectivity index (χ1v) is 5.58. The zero-order valence-electron chi connectivity index (χ0n) is 10.2. The Morgan fingerprint density at radius 3 is 2.27 bits per heavy atom. The number of methoxy groups -OCH3 is 2. The predicted octanol–water partition coefficient (Wildman–Crippen LogP) is 0.491. The molecule has 2 unspecified atom stereocenters. The highest BCUT2D eigenvalue weighted by Gasteiger charge is 2.49. The van der Waals surface area contributed by atoms with Gasteiger partial charge in [-0.05, 0) is 12.8 Å². The molecule has 4 nitrogen and oxygen atoms in total. The Balaban J connectivity index is 2.95. The first-order valence-electron chi connectivity index (χ1n) is 5.58. The van der Waals surface area contributed by atoms with Crippen molar-refractivity contribution in [3.63, 3.8) is 0 Å². The van der Waals surface area contributed by atoms with E-state index in [1.807, 2.05) is 0 Å². The van der Waals surface area contributed by atoms with E-state index in [-0.39, 0.29) is 29.7 Å². The van der Waals surface area contributed by atoms with E-state index in [1.54, 1.807) is 14.2 Å². The molecular weight excluding hydrogens is 192 g/mol. The maximum atomic E-state index is 6.18. The second kappa shape index (κ2) is 4.78. The second-order valence-electron chi connectivity index (χ2n) is 4.72. The first kappa shape index (κ1) is 12.9. The number of nitrogens with two attached hydrogens (primary N) is 2. The topological polar surface area (TPSA) is 70.5 Å². The van der Waals surface area contributed by atoms with Gasteiger partial charge in [0.25, 0.3) is 0 Å². The Morgan fingerprint density at radius 2 is 1.87 bits per heavy atom. The van der Waals surface area contributed by atoms with Gasteiger partial charge in [-0.1, -0.05) is 13.8 Å². The fraction of sp³-hybridized carbons (Fsp3) is 1.00. The first-order chi connectivity index (χ1) is 7.01. The Hall–Kier alpha value is -0.160. The summed E-state index contributed by atoms with van der Waals surface area (Å²) in [4.78, 5) is 0. The molecule has 4 heteroatoms. The monoisotopic (exact) mass is 216 g/mol. The van der Waals surface area contributed by atoms with Crippen molar-refractivity contribution in [1.82, 2.24) is 0 Å². The smallest absolute Gasteiger partial charge is 0.0989 e. The number of ether oxygens (including phenoxy) is 2. The molecule has 0 saturated heterocycles. The number of hydrogen-bond acceptors (Lipinski definition) is 4. The molecule has 1 rings (SSSR count). The van der Waals surface area contributed by atoms with Crippen LogP contribution in [0.3, 0.4) is 0 Å². The summed E-state index contributed by atoms with van der Waals surface area (Å²) in [6.07, 6.45) is 1.69. The van der Waals surface area contributed by atoms with Crippen molar-refractivity contribution in [2.75, 3.05) is 14.2 Å². The van der Waals surface area contributed by atoms with Crippen LogP contribution in [0.1, 0.15) is 26.7 Å². The molecule has 0 radical (unpaired) electrons. The third-order valence-electron chi connectivity index (χ3n) is 4.03. The van der Waals surface area contributed by atoms with E-state index >= 15 is 0 Å². The summed E-state index contributed by atoms with van der Waals surface area (Å²) >= 11 is 0. The van der Waals surface area contributed by atoms with Crippen LogP contribution in [0.4, 0.5) is 0 Å². The third kappa shape index (κ3) is 2.04. The van der Waals surface area contributed by atoms with Crippen LogP contribution in [0.25, 0.3) is 0 Å². The summed E-state index contributed by atoms with van der Waals surface area (Å²) in [5.41, 5.74) is 12.2. The van der Waals surface area contributed by atoms with Crippen LogP contribution < -0.4 is 11.5 Å². The molecule has 1 fully saturated rings. The summed E-state index contributed by atoms with van der Waals surface area (Å²) in [6, 6.07) is 0.0448. The average Bonchev–Trinajstić information content (AvgIpc) is 2.22. The maximum Gasteiger partial charge on any atom is 0.0989 e. The minimum Gasteiger partial charge on any atom is -0.378 e. The Bertz CT molecular complexity index is 213. The summed E-state index contributed by atoms with van der Waals surface area (Å²) in [6.45, 7) is 4.29. The minimum absolute atomic E-state index is 0.0220. The van der Waals surface area contributed by atoms with Crippen LogP contribution >= 0.6 is 0 Å². The van der Waals surface area contributed by atoms with Crippen molar-refractivity contribution < 1.29 is 9.47 Å². The van der Waals surface area contributed by atoms with Crippen LogP contribution in [0.5, 0.6) is 0 Å². The molecule has 1 aliphatic rings. The molecular formula is C11H24N2O2. The average molecular weight is 216 g/mol. The van der Waals surface area contributed by atoms with E-state index in [9.17, 15) is 0 Å². The van der Waals surface area contributed by atoms with E-state index in [0.717, 1.165) is 12.8 Å². The molecule has 1 saturated carbocycles. The third-order valence-corrected chi connectivity index (χ3v) is 4.03. The van der Waals surface area contributed by atoms with Gasteiger partial charge >= 0.3 is 0 Å². The lowest BCUT2D eigenvalue weighted by molar-refractivity contribution is -0.139. The second-order valence-corrected chi connectivity index (χ2v) is 4.72. The maximum absolute atomic E-state index is 6.18. The van der Waals surface area contributed by atoms with Crippen LogP contribution in [0.15, 0.2) is 0 Å². The molecule has 0 bridgehead atoms. The normalized spacial score (nSPS) is 46.8. The summed E-state index contributed by atoms with van der Waals surface area (Å²) in [5.74, 6) is 0. The highest BCUT2D eigenvalue weighted by atomic mass is 16.5. The molecule has 4 N–H and O–H groups in total. The standard InChI is InChI=1S/C11H24N2O2/c1-5-11(2)8(13)6-7(12)9(14-3)10(11)15-4/h7-10H,5-6,12-13H2,1-4H3/t7-,8+,9?,10-,11?/m1/s1. The Labute approximate surface area is 92.3 Å². The van der Waals surface area contributed by atoms with Crippen molar-refractivity contribution >= 4 is 0 Å². The lowest BCUT2D eigenvalue weighted by Crippen LogP contribution is -2.64. The van der Waals surface area contributed by atoms with E-state index in [1.165, 1.54) is 0 Å². The molecule has 0 amide bonds. The van der Waals surface area contributed by atoms with Gasteiger partial charge in [-0.2, -0.15) is 0 Å². The van der Waals surface area contributed by atoms with Crippen LogP contribution in [-0.4, -0.2) is 38.5 Å². The molecule has 90 valence electrons. The minimum atomic E-state index is -0.0558. The largest absolute Gasteiger partial charge is 0.378 e. The highest BCUT2D eigenvalue weighted by molar-refractivity contribution is 5.04. The van der Waals surface area contributed by atoms with Gasteiger partial charge in [0.15, 0.2) is 0 Å². The van der Waals surface area contributed by atoms with Crippen molar-refractivity contribution in [1.29, 1.82) is 0 Å². The van der Waals surface area contributed by atoms with E-state index in [4.69, 9.17) is 20.9 Å². The highest BCUT2D eigenvalue weighted by Crippen LogP contribution is 2.40. The molecule has 0 aromatic carbocycles. The Kier molecular flexibility index (Phi) is 4.12. The van der Waals surface area contributed by atoms with Gasteiger partial charge in [0.2, 0.25) is 0 Å². The Morgan fingerprint density at radius 1 is 1.27 bits per heavy atom. The van der Waals surface area contributed by atoms with E-state index in [0.29, 0.717) is 0 Å². The van der Waals surface area contributed by atoms with E-state index < -0.39 is 0 Å². The lowest BCUT2D eigenvalue weighted by atomic mass is 9.65. The number of hydrogen-bond donors (Lipinski definition) is 2.